The molecule has 0 unspecified atom stereocenters. The third-order valence-electron chi connectivity index (χ3n) is 0.204. The normalized spacial score (nSPS) is 4.71. The summed E-state index contributed by atoms with van der Waals surface area (Å²) in [7, 11) is 1.70. The summed E-state index contributed by atoms with van der Waals surface area (Å²) in [6.07, 6.45) is 0. The SMILES string of the molecule is C.CNC(=S)[S-].[Na+]. The number of thiocarbonyl (C=S) groups is 1. The van der Waals surface area contributed by atoms with E-state index >= 15 is 0 Å². The van der Waals surface area contributed by atoms with Gasteiger partial charge in [0.15, 0.2) is 0 Å². The molecule has 4 heteroatoms. The van der Waals surface area contributed by atoms with E-state index in [2.05, 4.69) is 30.2 Å². The first-order chi connectivity index (χ1) is 2.27. The Morgan fingerprint density at radius 3 is 1.86 bits per heavy atom. The van der Waals surface area contributed by atoms with Gasteiger partial charge in [-0.25, -0.2) is 0 Å². The Kier molecular flexibility index (Phi) is 22.8. The van der Waals surface area contributed by atoms with Crippen LogP contribution in [0.3, 0.4) is 0 Å². The summed E-state index contributed by atoms with van der Waals surface area (Å²) < 4.78 is 0.421. The molecule has 0 saturated carbocycles. The van der Waals surface area contributed by atoms with Crippen LogP contribution < -0.4 is 34.9 Å². The van der Waals surface area contributed by atoms with Gasteiger partial charge in [-0.15, -0.1) is 0 Å². The maximum absolute atomic E-state index is 4.40. The first kappa shape index (κ1) is 15.7. The first-order valence-electron chi connectivity index (χ1n) is 1.16. The summed E-state index contributed by atoms with van der Waals surface area (Å²) in [5, 5.41) is 2.57. The van der Waals surface area contributed by atoms with Crippen LogP contribution in [0.15, 0.2) is 0 Å². The van der Waals surface area contributed by atoms with E-state index in [1.165, 1.54) is 0 Å². The minimum absolute atomic E-state index is 0. The molecule has 0 aromatic rings. The average Bonchev–Trinajstić information content (AvgIpc) is 1.38. The summed E-state index contributed by atoms with van der Waals surface area (Å²) in [6.45, 7) is 0. The van der Waals surface area contributed by atoms with Crippen molar-refractivity contribution in [2.45, 2.75) is 7.43 Å². The molecule has 0 rings (SSSR count). The summed E-state index contributed by atoms with van der Waals surface area (Å²) in [5.74, 6) is 0. The van der Waals surface area contributed by atoms with Gasteiger partial charge in [0.25, 0.3) is 0 Å². The van der Waals surface area contributed by atoms with Gasteiger partial charge in [-0.2, -0.15) is 0 Å². The Morgan fingerprint density at radius 2 is 1.86 bits per heavy atom. The zero-order valence-corrected chi connectivity index (χ0v) is 7.45. The maximum atomic E-state index is 4.40. The van der Waals surface area contributed by atoms with E-state index in [0.29, 0.717) is 4.32 Å². The van der Waals surface area contributed by atoms with E-state index in [9.17, 15) is 0 Å². The summed E-state index contributed by atoms with van der Waals surface area (Å²) in [4.78, 5) is 0. The summed E-state index contributed by atoms with van der Waals surface area (Å²) in [5.41, 5.74) is 0. The van der Waals surface area contributed by atoms with Crippen molar-refractivity contribution < 1.29 is 29.6 Å². The molecule has 1 N–H and O–H groups in total. The topological polar surface area (TPSA) is 12.0 Å². The van der Waals surface area contributed by atoms with Gasteiger partial charge in [0.05, 0.1) is 0 Å². The fourth-order valence-corrected chi connectivity index (χ4v) is 0. The molecule has 0 aliphatic rings. The van der Waals surface area contributed by atoms with Crippen molar-refractivity contribution in [3.8, 4) is 0 Å². The van der Waals surface area contributed by atoms with E-state index in [0.717, 1.165) is 0 Å². The third-order valence-corrected chi connectivity index (χ3v) is 0.612. The van der Waals surface area contributed by atoms with Gasteiger partial charge >= 0.3 is 29.6 Å². The van der Waals surface area contributed by atoms with E-state index in [1.807, 2.05) is 0 Å². The summed E-state index contributed by atoms with van der Waals surface area (Å²) >= 11 is 8.80. The largest absolute Gasteiger partial charge is 1.00 e. The Morgan fingerprint density at radius 1 is 1.71 bits per heavy atom. The van der Waals surface area contributed by atoms with Crippen LogP contribution in [0.2, 0.25) is 0 Å². The molecule has 0 bridgehead atoms. The molecule has 0 radical (unpaired) electrons. The Balaban J connectivity index is -0.0000000800. The molecular weight excluding hydrogens is 137 g/mol. The van der Waals surface area contributed by atoms with Crippen molar-refractivity contribution in [1.82, 2.24) is 5.32 Å². The molecule has 7 heavy (non-hydrogen) atoms. The molecule has 0 amide bonds. The molecular formula is C3H8NNaS2. The molecule has 0 aromatic carbocycles. The Hall–Kier alpha value is 1.11. The molecule has 0 atom stereocenters. The van der Waals surface area contributed by atoms with Crippen LogP contribution >= 0.6 is 12.2 Å². The standard InChI is InChI=1S/C2H5NS2.CH4.Na/c1-3-2(4)5;;/h1H3,(H2,3,4,5);1H4;/q;;+1/p-1. The monoisotopic (exact) mass is 145 g/mol. The summed E-state index contributed by atoms with van der Waals surface area (Å²) in [6, 6.07) is 0. The number of hydrogen-bond acceptors (Lipinski definition) is 2. The van der Waals surface area contributed by atoms with Crippen molar-refractivity contribution in [1.29, 1.82) is 0 Å². The minimum atomic E-state index is 0. The van der Waals surface area contributed by atoms with Crippen LogP contribution in [0.25, 0.3) is 0 Å². The van der Waals surface area contributed by atoms with Crippen LogP contribution in [0.5, 0.6) is 0 Å². The Labute approximate surface area is 78.0 Å². The second-order valence-corrected chi connectivity index (χ2v) is 1.61. The molecule has 0 heterocycles. The molecule has 38 valence electrons. The van der Waals surface area contributed by atoms with Gasteiger partial charge in [-0.1, -0.05) is 11.7 Å². The van der Waals surface area contributed by atoms with Gasteiger partial charge in [-0.05, 0) is 0 Å². The van der Waals surface area contributed by atoms with Crippen molar-refractivity contribution in [2.24, 2.45) is 0 Å². The molecule has 0 aromatic heterocycles. The van der Waals surface area contributed by atoms with Crippen LogP contribution in [-0.4, -0.2) is 11.4 Å². The van der Waals surface area contributed by atoms with E-state index in [1.54, 1.807) is 7.05 Å². The van der Waals surface area contributed by atoms with Crippen molar-refractivity contribution in [2.75, 3.05) is 7.05 Å². The first-order valence-corrected chi connectivity index (χ1v) is 1.97. The number of rotatable bonds is 0. The minimum Gasteiger partial charge on any atom is -0.412 e. The van der Waals surface area contributed by atoms with Crippen LogP contribution in [0.1, 0.15) is 7.43 Å². The van der Waals surface area contributed by atoms with Gasteiger partial charge in [-0.3, -0.25) is 0 Å². The van der Waals surface area contributed by atoms with E-state index < -0.39 is 0 Å². The van der Waals surface area contributed by atoms with Gasteiger partial charge in [0.1, 0.15) is 0 Å². The van der Waals surface area contributed by atoms with Crippen molar-refractivity contribution in [3.05, 3.63) is 0 Å². The average molecular weight is 145 g/mol. The second-order valence-electron chi connectivity index (χ2n) is 0.537. The zero-order valence-electron chi connectivity index (χ0n) is 3.82. The maximum Gasteiger partial charge on any atom is 1.00 e. The van der Waals surface area contributed by atoms with Crippen LogP contribution in [0, 0.1) is 0 Å². The van der Waals surface area contributed by atoms with Crippen molar-refractivity contribution in [3.63, 3.8) is 0 Å². The molecule has 0 aliphatic heterocycles. The smallest absolute Gasteiger partial charge is 0.412 e. The fraction of sp³-hybridized carbons (Fsp3) is 0.667. The van der Waals surface area contributed by atoms with Gasteiger partial charge in [0, 0.05) is 7.05 Å². The predicted octanol–water partition coefficient (Wildman–Crippen LogP) is -2.32. The molecule has 0 fully saturated rings. The molecule has 1 nitrogen and oxygen atoms in total. The third kappa shape index (κ3) is 19.2. The predicted molar refractivity (Wildman–Crippen MR) is 35.8 cm³/mol. The zero-order chi connectivity index (χ0) is 4.28. The second kappa shape index (κ2) is 10.2. The number of hydrogen-bond donors (Lipinski definition) is 1. The van der Waals surface area contributed by atoms with E-state index in [4.69, 9.17) is 0 Å². The number of nitrogens with one attached hydrogen (secondary N) is 1. The molecule has 0 aliphatic carbocycles. The van der Waals surface area contributed by atoms with E-state index in [-0.39, 0.29) is 37.0 Å². The molecule has 0 spiro atoms. The van der Waals surface area contributed by atoms with Crippen LogP contribution in [0.4, 0.5) is 0 Å². The Bertz CT molecular complexity index is 48.2. The quantitative estimate of drug-likeness (QED) is 0.233. The molecule has 0 saturated heterocycles. The van der Waals surface area contributed by atoms with Crippen molar-refractivity contribution >= 4 is 29.2 Å². The van der Waals surface area contributed by atoms with Gasteiger partial charge in [0.2, 0.25) is 0 Å². The van der Waals surface area contributed by atoms with Crippen LogP contribution in [-0.2, 0) is 12.6 Å². The van der Waals surface area contributed by atoms with Gasteiger partial charge < -0.3 is 30.2 Å². The fourth-order valence-electron chi connectivity index (χ4n) is 0.